The third-order valence-electron chi connectivity index (χ3n) is 4.91. The number of rotatable bonds is 5. The minimum atomic E-state index is -0.287. The first-order valence-electron chi connectivity index (χ1n) is 9.20. The number of hydrogen-bond acceptors (Lipinski definition) is 3. The van der Waals surface area contributed by atoms with E-state index in [2.05, 4.69) is 0 Å². The number of likely N-dealkylation sites (N-methyl/N-ethyl adjacent to an activating group) is 1. The van der Waals surface area contributed by atoms with Gasteiger partial charge in [0.25, 0.3) is 5.91 Å². The van der Waals surface area contributed by atoms with Crippen molar-refractivity contribution in [1.82, 2.24) is 9.80 Å². The summed E-state index contributed by atoms with van der Waals surface area (Å²) in [7, 11) is 0. The summed E-state index contributed by atoms with van der Waals surface area (Å²) in [6.45, 7) is 4.00. The van der Waals surface area contributed by atoms with Crippen molar-refractivity contribution >= 4 is 46.6 Å². The molecule has 1 fully saturated rings. The van der Waals surface area contributed by atoms with Gasteiger partial charge < -0.3 is 9.80 Å². The lowest BCUT2D eigenvalue weighted by Crippen LogP contribution is -2.42. The van der Waals surface area contributed by atoms with E-state index in [1.807, 2.05) is 6.92 Å². The molecule has 1 aliphatic rings. The molecule has 152 valence electrons. The molecule has 0 N–H and O–H groups in total. The molecule has 0 spiro atoms. The molecule has 29 heavy (non-hydrogen) atoms. The first-order valence-corrected chi connectivity index (χ1v) is 9.95. The van der Waals surface area contributed by atoms with Crippen LogP contribution < -0.4 is 4.90 Å². The van der Waals surface area contributed by atoms with Crippen LogP contribution in [-0.4, -0.2) is 53.8 Å². The van der Waals surface area contributed by atoms with Crippen molar-refractivity contribution in [2.24, 2.45) is 0 Å². The topological polar surface area (TPSA) is 60.9 Å². The van der Waals surface area contributed by atoms with Gasteiger partial charge in [0, 0.05) is 27.8 Å². The largest absolute Gasteiger partial charge is 0.330 e. The number of nitrogens with zero attached hydrogens (tertiary/aromatic N) is 3. The minimum Gasteiger partial charge on any atom is -0.330 e. The van der Waals surface area contributed by atoms with E-state index in [0.29, 0.717) is 27.8 Å². The summed E-state index contributed by atoms with van der Waals surface area (Å²) in [6, 6.07) is 11.8. The number of halogens is 2. The molecule has 0 aliphatic carbocycles. The fraction of sp³-hybridized carbons (Fsp3) is 0.286. The number of amides is 3. The molecule has 2 aromatic rings. The zero-order valence-electron chi connectivity index (χ0n) is 16.2. The van der Waals surface area contributed by atoms with Gasteiger partial charge in [0.1, 0.15) is 19.8 Å². The van der Waals surface area contributed by atoms with Gasteiger partial charge in [-0.1, -0.05) is 29.3 Å². The molecule has 0 bridgehead atoms. The monoisotopic (exact) mass is 433 g/mol. The number of carbonyl (C=O) groups is 3. The van der Waals surface area contributed by atoms with Gasteiger partial charge in [-0.15, -0.1) is 0 Å². The van der Waals surface area contributed by atoms with Crippen molar-refractivity contribution in [3.63, 3.8) is 0 Å². The molecule has 6 nitrogen and oxygen atoms in total. The Morgan fingerprint density at radius 1 is 1.10 bits per heavy atom. The minimum absolute atomic E-state index is 0.0303. The lowest BCUT2D eigenvalue weighted by atomic mass is 10.2. The molecule has 1 saturated heterocycles. The molecule has 8 heteroatoms. The molecule has 1 aliphatic heterocycles. The van der Waals surface area contributed by atoms with E-state index in [4.69, 9.17) is 23.2 Å². The van der Waals surface area contributed by atoms with Crippen LogP contribution >= 0.6 is 23.2 Å². The van der Waals surface area contributed by atoms with Crippen molar-refractivity contribution in [3.8, 4) is 0 Å². The van der Waals surface area contributed by atoms with Crippen LogP contribution in [0.25, 0.3) is 0 Å². The molecule has 1 heterocycles. The Bertz CT molecular complexity index is 947. The van der Waals surface area contributed by atoms with Crippen molar-refractivity contribution in [2.45, 2.75) is 13.8 Å². The number of benzene rings is 2. The highest BCUT2D eigenvalue weighted by molar-refractivity contribution is 6.32. The number of carbonyl (C=O) groups excluding carboxylic acids is 3. The van der Waals surface area contributed by atoms with E-state index >= 15 is 0 Å². The molecular weight excluding hydrogens is 413 g/mol. The number of anilines is 1. The highest BCUT2D eigenvalue weighted by Gasteiger charge is 2.33. The smallest absolute Gasteiger partial charge is 0.254 e. The third-order valence-corrected chi connectivity index (χ3v) is 5.57. The Morgan fingerprint density at radius 3 is 2.45 bits per heavy atom. The lowest BCUT2D eigenvalue weighted by molar-refractivity contribution is -0.132. The molecule has 3 amide bonds. The van der Waals surface area contributed by atoms with Gasteiger partial charge in [-0.25, -0.2) is 0 Å². The maximum atomic E-state index is 12.8. The standard InChI is InChI=1S/C21H21Cl2N3O3/c1-3-24(21(29)15-7-9-16(22)10-8-15)11-19(27)25-12-20(28)26(13-25)18-6-4-5-17(23)14(18)2/h4-10H,3,11-13H2,1-2H3. The van der Waals surface area contributed by atoms with Crippen molar-refractivity contribution in [1.29, 1.82) is 0 Å². The Labute approximate surface area is 179 Å². The van der Waals surface area contributed by atoms with Gasteiger partial charge >= 0.3 is 0 Å². The molecule has 3 rings (SSSR count). The maximum Gasteiger partial charge on any atom is 0.254 e. The van der Waals surface area contributed by atoms with Gasteiger partial charge in [0.15, 0.2) is 0 Å². The Hall–Kier alpha value is -2.57. The van der Waals surface area contributed by atoms with Crippen LogP contribution in [-0.2, 0) is 9.59 Å². The first kappa shape index (κ1) is 21.1. The highest BCUT2D eigenvalue weighted by Crippen LogP contribution is 2.28. The molecule has 0 saturated carbocycles. The van der Waals surface area contributed by atoms with Crippen LogP contribution in [0.15, 0.2) is 42.5 Å². The second kappa shape index (κ2) is 8.84. The molecule has 0 unspecified atom stereocenters. The van der Waals surface area contributed by atoms with Gasteiger partial charge in [-0.05, 0) is 55.8 Å². The fourth-order valence-corrected chi connectivity index (χ4v) is 3.48. The average Bonchev–Trinajstić information content (AvgIpc) is 3.09. The Balaban J connectivity index is 1.70. The van der Waals surface area contributed by atoms with Crippen LogP contribution in [0, 0.1) is 6.92 Å². The van der Waals surface area contributed by atoms with Crippen molar-refractivity contribution in [3.05, 3.63) is 63.6 Å². The lowest BCUT2D eigenvalue weighted by Gasteiger charge is -2.24. The van der Waals surface area contributed by atoms with Gasteiger partial charge in [-0.3, -0.25) is 19.3 Å². The molecule has 0 atom stereocenters. The van der Waals surface area contributed by atoms with Crippen molar-refractivity contribution < 1.29 is 14.4 Å². The fourth-order valence-electron chi connectivity index (χ4n) is 3.18. The van der Waals surface area contributed by atoms with E-state index in [1.165, 1.54) is 14.7 Å². The van der Waals surface area contributed by atoms with Crippen LogP contribution in [0.4, 0.5) is 5.69 Å². The van der Waals surface area contributed by atoms with Crippen LogP contribution in [0.5, 0.6) is 0 Å². The van der Waals surface area contributed by atoms with Gasteiger partial charge in [-0.2, -0.15) is 0 Å². The van der Waals surface area contributed by atoms with E-state index in [-0.39, 0.29) is 37.5 Å². The summed E-state index contributed by atoms with van der Waals surface area (Å²) >= 11 is 12.0. The molecule has 0 radical (unpaired) electrons. The predicted molar refractivity (Wildman–Crippen MR) is 113 cm³/mol. The Morgan fingerprint density at radius 2 is 1.79 bits per heavy atom. The third kappa shape index (κ3) is 4.54. The summed E-state index contributed by atoms with van der Waals surface area (Å²) in [5.41, 5.74) is 1.92. The van der Waals surface area contributed by atoms with Crippen molar-refractivity contribution in [2.75, 3.05) is 31.2 Å². The summed E-state index contributed by atoms with van der Waals surface area (Å²) in [6.07, 6.45) is 0. The second-order valence-electron chi connectivity index (χ2n) is 6.77. The first-order chi connectivity index (χ1) is 13.8. The Kier molecular flexibility index (Phi) is 6.45. The summed E-state index contributed by atoms with van der Waals surface area (Å²) in [4.78, 5) is 42.4. The summed E-state index contributed by atoms with van der Waals surface area (Å²) < 4.78 is 0. The molecule has 2 aromatic carbocycles. The predicted octanol–water partition coefficient (Wildman–Crippen LogP) is 3.60. The SMILES string of the molecule is CCN(CC(=O)N1CC(=O)N(c2cccc(Cl)c2C)C1)C(=O)c1ccc(Cl)cc1. The van der Waals surface area contributed by atoms with E-state index < -0.39 is 0 Å². The zero-order chi connectivity index (χ0) is 21.1. The average molecular weight is 434 g/mol. The van der Waals surface area contributed by atoms with E-state index in [0.717, 1.165) is 5.56 Å². The number of hydrogen-bond donors (Lipinski definition) is 0. The molecule has 0 aromatic heterocycles. The normalized spacial score (nSPS) is 13.7. The quantitative estimate of drug-likeness (QED) is 0.723. The van der Waals surface area contributed by atoms with Crippen LogP contribution in [0.3, 0.4) is 0 Å². The summed E-state index contributed by atoms with van der Waals surface area (Å²) in [5, 5.41) is 1.10. The molecular formula is C21H21Cl2N3O3. The highest BCUT2D eigenvalue weighted by atomic mass is 35.5. The van der Waals surface area contributed by atoms with Crippen LogP contribution in [0.2, 0.25) is 10.0 Å². The van der Waals surface area contributed by atoms with Crippen LogP contribution in [0.1, 0.15) is 22.8 Å². The maximum absolute atomic E-state index is 12.8. The zero-order valence-corrected chi connectivity index (χ0v) is 17.7. The summed E-state index contributed by atoms with van der Waals surface area (Å²) in [5.74, 6) is -0.730. The van der Waals surface area contributed by atoms with E-state index in [1.54, 1.807) is 49.4 Å². The van der Waals surface area contributed by atoms with Gasteiger partial charge in [0.05, 0.1) is 0 Å². The second-order valence-corrected chi connectivity index (χ2v) is 7.61. The van der Waals surface area contributed by atoms with E-state index in [9.17, 15) is 14.4 Å². The van der Waals surface area contributed by atoms with Gasteiger partial charge in [0.2, 0.25) is 11.8 Å².